The minimum atomic E-state index is -3.91. The van der Waals surface area contributed by atoms with Crippen molar-refractivity contribution in [3.8, 4) is 0 Å². The van der Waals surface area contributed by atoms with Crippen LogP contribution in [0.2, 0.25) is 0 Å². The Balaban J connectivity index is 1.74. The van der Waals surface area contributed by atoms with Crippen molar-refractivity contribution >= 4 is 5.91 Å². The molecular weight excluding hydrogens is 330 g/mol. The van der Waals surface area contributed by atoms with Crippen LogP contribution in [0.15, 0.2) is 18.2 Å². The third-order valence-corrected chi connectivity index (χ3v) is 4.73. The summed E-state index contributed by atoms with van der Waals surface area (Å²) >= 11 is 0. The number of carbonyl (C=O) groups is 1. The van der Waals surface area contributed by atoms with Gasteiger partial charge in [0.15, 0.2) is 11.6 Å². The molecular formula is C16H17F4NO3. The zero-order valence-electron chi connectivity index (χ0n) is 12.7. The average Bonchev–Trinajstić information content (AvgIpc) is 2.95. The topological polar surface area (TPSA) is 58.6 Å². The minimum absolute atomic E-state index is 0.138. The molecule has 0 bridgehead atoms. The molecule has 132 valence electrons. The number of nitrogens with one attached hydrogen (secondary N) is 1. The van der Waals surface area contributed by atoms with Gasteiger partial charge in [0.2, 0.25) is 0 Å². The van der Waals surface area contributed by atoms with Crippen molar-refractivity contribution < 1.29 is 32.2 Å². The zero-order valence-corrected chi connectivity index (χ0v) is 12.7. The quantitative estimate of drug-likeness (QED) is 0.823. The van der Waals surface area contributed by atoms with Crippen LogP contribution in [-0.2, 0) is 9.53 Å². The number of hydrogen-bond donors (Lipinski definition) is 2. The highest BCUT2D eigenvalue weighted by molar-refractivity contribution is 5.85. The van der Waals surface area contributed by atoms with Crippen LogP contribution in [0, 0.1) is 11.6 Å². The average molecular weight is 347 g/mol. The van der Waals surface area contributed by atoms with Crippen LogP contribution in [0.4, 0.5) is 17.6 Å². The van der Waals surface area contributed by atoms with Gasteiger partial charge in [-0.15, -0.1) is 0 Å². The van der Waals surface area contributed by atoms with E-state index in [1.165, 1.54) is 6.07 Å². The Kier molecular flexibility index (Phi) is 4.29. The summed E-state index contributed by atoms with van der Waals surface area (Å²) < 4.78 is 60.0. The second-order valence-corrected chi connectivity index (χ2v) is 6.29. The summed E-state index contributed by atoms with van der Waals surface area (Å²) in [6.07, 6.45) is -0.439. The highest BCUT2D eigenvalue weighted by Gasteiger charge is 2.61. The number of halogens is 4. The Morgan fingerprint density at radius 2 is 2.00 bits per heavy atom. The maximum Gasteiger partial charge on any atom is 0.352 e. The monoisotopic (exact) mass is 347 g/mol. The largest absolute Gasteiger partial charge is 0.383 e. The van der Waals surface area contributed by atoms with Crippen LogP contribution in [0.5, 0.6) is 0 Å². The van der Waals surface area contributed by atoms with Gasteiger partial charge in [-0.3, -0.25) is 4.79 Å². The first kappa shape index (κ1) is 17.2. The van der Waals surface area contributed by atoms with E-state index in [2.05, 4.69) is 5.32 Å². The molecule has 1 saturated heterocycles. The van der Waals surface area contributed by atoms with Gasteiger partial charge >= 0.3 is 5.92 Å². The summed E-state index contributed by atoms with van der Waals surface area (Å²) in [4.78, 5) is 11.9. The molecule has 1 aliphatic carbocycles. The Morgan fingerprint density at radius 3 is 2.58 bits per heavy atom. The molecule has 1 aliphatic heterocycles. The van der Waals surface area contributed by atoms with Gasteiger partial charge < -0.3 is 15.2 Å². The number of carbonyl (C=O) groups excluding carboxylic acids is 1. The summed E-state index contributed by atoms with van der Waals surface area (Å²) in [6, 6.07) is 2.31. The van der Waals surface area contributed by atoms with E-state index in [4.69, 9.17) is 4.74 Å². The highest BCUT2D eigenvalue weighted by Crippen LogP contribution is 2.44. The summed E-state index contributed by atoms with van der Waals surface area (Å²) in [5.41, 5.74) is -2.06. The number of benzene rings is 1. The van der Waals surface area contributed by atoms with Gasteiger partial charge in [-0.2, -0.15) is 8.78 Å². The van der Waals surface area contributed by atoms with Crippen molar-refractivity contribution in [1.29, 1.82) is 0 Å². The smallest absolute Gasteiger partial charge is 0.352 e. The standard InChI is InChI=1S/C16H17F4NO3/c17-10-3-2-9(8-11(10)18)13-12(4-7-24-13)21-14(22)16(19,20)15(23)5-1-6-15/h2-3,8,12-13,23H,1,4-7H2,(H,21,22). The summed E-state index contributed by atoms with van der Waals surface area (Å²) in [7, 11) is 0. The van der Waals surface area contributed by atoms with Crippen molar-refractivity contribution in [2.45, 2.75) is 49.4 Å². The van der Waals surface area contributed by atoms with Crippen LogP contribution in [0.1, 0.15) is 37.4 Å². The van der Waals surface area contributed by atoms with Gasteiger partial charge in [-0.05, 0) is 43.4 Å². The highest BCUT2D eigenvalue weighted by atomic mass is 19.3. The number of hydrogen-bond acceptors (Lipinski definition) is 3. The molecule has 8 heteroatoms. The first-order chi connectivity index (χ1) is 11.2. The lowest BCUT2D eigenvalue weighted by Crippen LogP contribution is -2.61. The van der Waals surface area contributed by atoms with E-state index in [1.54, 1.807) is 0 Å². The predicted molar refractivity (Wildman–Crippen MR) is 75.3 cm³/mol. The fourth-order valence-corrected chi connectivity index (χ4v) is 3.05. The van der Waals surface area contributed by atoms with Crippen LogP contribution in [0.3, 0.4) is 0 Å². The third-order valence-electron chi connectivity index (χ3n) is 4.73. The fourth-order valence-electron chi connectivity index (χ4n) is 3.05. The van der Waals surface area contributed by atoms with Crippen molar-refractivity contribution in [3.63, 3.8) is 0 Å². The lowest BCUT2D eigenvalue weighted by atomic mass is 9.75. The van der Waals surface area contributed by atoms with Gasteiger partial charge in [0.05, 0.1) is 6.04 Å². The molecule has 2 aliphatic rings. The lowest BCUT2D eigenvalue weighted by Gasteiger charge is -2.41. The summed E-state index contributed by atoms with van der Waals surface area (Å²) in [6.45, 7) is 0.185. The van der Waals surface area contributed by atoms with E-state index in [-0.39, 0.29) is 31.4 Å². The van der Waals surface area contributed by atoms with Crippen molar-refractivity contribution in [1.82, 2.24) is 5.32 Å². The van der Waals surface area contributed by atoms with Crippen molar-refractivity contribution in [3.05, 3.63) is 35.4 Å². The van der Waals surface area contributed by atoms with Gasteiger partial charge in [0.25, 0.3) is 5.91 Å². The Hall–Kier alpha value is -1.67. The summed E-state index contributed by atoms with van der Waals surface area (Å²) in [5, 5.41) is 12.0. The van der Waals surface area contributed by atoms with Gasteiger partial charge in [-0.25, -0.2) is 8.78 Å². The third kappa shape index (κ3) is 2.77. The predicted octanol–water partition coefficient (Wildman–Crippen LogP) is 2.46. The zero-order chi connectivity index (χ0) is 17.5. The Bertz CT molecular complexity index is 648. The van der Waals surface area contributed by atoms with E-state index in [1.807, 2.05) is 0 Å². The van der Waals surface area contributed by atoms with Gasteiger partial charge in [0, 0.05) is 6.61 Å². The van der Waals surface area contributed by atoms with Crippen molar-refractivity contribution in [2.24, 2.45) is 0 Å². The van der Waals surface area contributed by atoms with Gasteiger partial charge in [-0.1, -0.05) is 6.07 Å². The molecule has 1 aromatic rings. The molecule has 24 heavy (non-hydrogen) atoms. The minimum Gasteiger partial charge on any atom is -0.383 e. The molecule has 2 atom stereocenters. The molecule has 1 saturated carbocycles. The Morgan fingerprint density at radius 1 is 1.29 bits per heavy atom. The van der Waals surface area contributed by atoms with Gasteiger partial charge in [0.1, 0.15) is 11.7 Å². The second kappa shape index (κ2) is 6.00. The van der Waals surface area contributed by atoms with E-state index in [0.29, 0.717) is 6.42 Å². The number of ether oxygens (including phenoxy) is 1. The maximum absolute atomic E-state index is 14.1. The van der Waals surface area contributed by atoms with Crippen LogP contribution in [-0.4, -0.2) is 35.2 Å². The number of amides is 1. The molecule has 3 rings (SSSR count). The molecule has 0 spiro atoms. The van der Waals surface area contributed by atoms with E-state index in [0.717, 1.165) is 12.1 Å². The molecule has 1 heterocycles. The SMILES string of the molecule is O=C(NC1CCOC1c1ccc(F)c(F)c1)C(F)(F)C1(O)CCC1. The molecule has 1 aromatic carbocycles. The first-order valence-electron chi connectivity index (χ1n) is 7.72. The molecule has 1 amide bonds. The van der Waals surface area contributed by atoms with Crippen LogP contribution in [0.25, 0.3) is 0 Å². The number of aliphatic hydroxyl groups is 1. The molecule has 0 radical (unpaired) electrons. The number of rotatable bonds is 4. The fraction of sp³-hybridized carbons (Fsp3) is 0.562. The Labute approximate surface area is 135 Å². The molecule has 4 nitrogen and oxygen atoms in total. The first-order valence-corrected chi connectivity index (χ1v) is 7.72. The van der Waals surface area contributed by atoms with E-state index in [9.17, 15) is 27.5 Å². The normalized spacial score (nSPS) is 26.0. The van der Waals surface area contributed by atoms with E-state index < -0.39 is 41.2 Å². The van der Waals surface area contributed by atoms with Crippen LogP contribution < -0.4 is 5.32 Å². The molecule has 2 N–H and O–H groups in total. The van der Waals surface area contributed by atoms with E-state index >= 15 is 0 Å². The maximum atomic E-state index is 14.1. The summed E-state index contributed by atoms with van der Waals surface area (Å²) in [5.74, 6) is -7.60. The lowest BCUT2D eigenvalue weighted by molar-refractivity contribution is -0.216. The molecule has 0 aromatic heterocycles. The second-order valence-electron chi connectivity index (χ2n) is 6.29. The van der Waals surface area contributed by atoms with Crippen molar-refractivity contribution in [2.75, 3.05) is 6.61 Å². The molecule has 2 fully saturated rings. The van der Waals surface area contributed by atoms with Crippen LogP contribution >= 0.6 is 0 Å². The molecule has 2 unspecified atom stereocenters. The number of alkyl halides is 2.